The van der Waals surface area contributed by atoms with Crippen LogP contribution in [0.5, 0.6) is 5.75 Å². The normalized spacial score (nSPS) is 10.1. The third kappa shape index (κ3) is 2.48. The number of hydrogen-bond acceptors (Lipinski definition) is 1. The Labute approximate surface area is 80.7 Å². The Bertz CT molecular complexity index is 266. The zero-order chi connectivity index (χ0) is 9.68. The van der Waals surface area contributed by atoms with Gasteiger partial charge in [-0.3, -0.25) is 0 Å². The van der Waals surface area contributed by atoms with Gasteiger partial charge in [0.2, 0.25) is 0 Å². The summed E-state index contributed by atoms with van der Waals surface area (Å²) in [7, 11) is 0. The summed E-state index contributed by atoms with van der Waals surface area (Å²) in [5, 5.41) is 0. The van der Waals surface area contributed by atoms with Crippen LogP contribution in [-0.2, 0) is 6.42 Å². The van der Waals surface area contributed by atoms with E-state index >= 15 is 0 Å². The van der Waals surface area contributed by atoms with Crippen molar-refractivity contribution < 1.29 is 4.74 Å². The number of rotatable bonds is 4. The van der Waals surface area contributed by atoms with Gasteiger partial charge in [-0.1, -0.05) is 31.5 Å². The van der Waals surface area contributed by atoms with Gasteiger partial charge in [-0.05, 0) is 31.4 Å². The number of para-hydroxylation sites is 1. The third-order valence-electron chi connectivity index (χ3n) is 1.99. The molecule has 0 N–H and O–H groups in total. The molecule has 1 rings (SSSR count). The minimum absolute atomic E-state index is 0.712. The molecule has 0 aliphatic rings. The minimum Gasteiger partial charge on any atom is -0.493 e. The van der Waals surface area contributed by atoms with E-state index in [9.17, 15) is 0 Å². The van der Waals surface area contributed by atoms with Crippen molar-refractivity contribution in [1.82, 2.24) is 0 Å². The van der Waals surface area contributed by atoms with E-state index in [4.69, 9.17) is 4.74 Å². The lowest BCUT2D eigenvalue weighted by Crippen LogP contribution is -1.98. The minimum atomic E-state index is 0.712. The van der Waals surface area contributed by atoms with Gasteiger partial charge in [-0.2, -0.15) is 0 Å². The summed E-state index contributed by atoms with van der Waals surface area (Å²) in [6, 6.07) is 6.14. The van der Waals surface area contributed by atoms with E-state index in [1.807, 2.05) is 19.1 Å². The standard InChI is InChI=1S/C12H17O/c1-4-7-11-9-6-8-10(3)12(11)13-5-2/h6,8-9H,3-5,7H2,1-2H3. The molecule has 0 amide bonds. The lowest BCUT2D eigenvalue weighted by atomic mass is 10.1. The molecule has 0 aliphatic carbocycles. The fraction of sp³-hybridized carbons (Fsp3) is 0.417. The van der Waals surface area contributed by atoms with E-state index in [1.54, 1.807) is 0 Å². The molecule has 0 aliphatic heterocycles. The van der Waals surface area contributed by atoms with Gasteiger partial charge >= 0.3 is 0 Å². The molecule has 0 atom stereocenters. The van der Waals surface area contributed by atoms with E-state index < -0.39 is 0 Å². The van der Waals surface area contributed by atoms with Gasteiger partial charge < -0.3 is 4.74 Å². The van der Waals surface area contributed by atoms with Crippen LogP contribution >= 0.6 is 0 Å². The molecule has 1 heteroatoms. The number of ether oxygens (including phenoxy) is 1. The predicted molar refractivity (Wildman–Crippen MR) is 56.1 cm³/mol. The van der Waals surface area contributed by atoms with Crippen LogP contribution in [0.3, 0.4) is 0 Å². The first-order valence-electron chi connectivity index (χ1n) is 4.86. The summed E-state index contributed by atoms with van der Waals surface area (Å²) in [5.74, 6) is 0.979. The lowest BCUT2D eigenvalue weighted by Gasteiger charge is -2.11. The summed E-state index contributed by atoms with van der Waals surface area (Å²) in [4.78, 5) is 0. The largest absolute Gasteiger partial charge is 0.493 e. The lowest BCUT2D eigenvalue weighted by molar-refractivity contribution is 0.335. The second-order valence-electron chi connectivity index (χ2n) is 3.09. The Kier molecular flexibility index (Phi) is 3.81. The third-order valence-corrected chi connectivity index (χ3v) is 1.99. The number of hydrogen-bond donors (Lipinski definition) is 0. The van der Waals surface area contributed by atoms with Crippen molar-refractivity contribution in [2.45, 2.75) is 26.7 Å². The molecule has 0 spiro atoms. The zero-order valence-corrected chi connectivity index (χ0v) is 8.47. The highest BCUT2D eigenvalue weighted by atomic mass is 16.5. The van der Waals surface area contributed by atoms with Crippen LogP contribution in [0.1, 0.15) is 31.4 Å². The summed E-state index contributed by atoms with van der Waals surface area (Å²) < 4.78 is 5.56. The molecule has 0 unspecified atom stereocenters. The molecule has 0 saturated carbocycles. The van der Waals surface area contributed by atoms with Crippen LogP contribution in [0.4, 0.5) is 0 Å². The molecular formula is C12H17O. The van der Waals surface area contributed by atoms with Crippen molar-refractivity contribution in [2.24, 2.45) is 0 Å². The van der Waals surface area contributed by atoms with Gasteiger partial charge in [-0.25, -0.2) is 0 Å². The van der Waals surface area contributed by atoms with Crippen LogP contribution in [0.2, 0.25) is 0 Å². The maximum absolute atomic E-state index is 5.56. The second-order valence-corrected chi connectivity index (χ2v) is 3.09. The molecule has 0 saturated heterocycles. The monoisotopic (exact) mass is 177 g/mol. The smallest absolute Gasteiger partial charge is 0.125 e. The van der Waals surface area contributed by atoms with Crippen LogP contribution in [0, 0.1) is 6.92 Å². The van der Waals surface area contributed by atoms with Gasteiger partial charge in [0, 0.05) is 0 Å². The first-order chi connectivity index (χ1) is 6.29. The van der Waals surface area contributed by atoms with Crippen molar-refractivity contribution >= 4 is 0 Å². The highest BCUT2D eigenvalue weighted by Crippen LogP contribution is 2.24. The van der Waals surface area contributed by atoms with Crippen molar-refractivity contribution in [2.75, 3.05) is 6.61 Å². The summed E-state index contributed by atoms with van der Waals surface area (Å²) in [5.41, 5.74) is 2.27. The van der Waals surface area contributed by atoms with Crippen molar-refractivity contribution in [3.63, 3.8) is 0 Å². The van der Waals surface area contributed by atoms with Crippen molar-refractivity contribution in [3.05, 3.63) is 36.2 Å². The first kappa shape index (κ1) is 10.1. The summed E-state index contributed by atoms with van der Waals surface area (Å²) in [6.45, 7) is 8.84. The Balaban J connectivity index is 2.95. The van der Waals surface area contributed by atoms with Crippen LogP contribution in [0.15, 0.2) is 18.2 Å². The molecule has 1 aromatic rings. The average Bonchev–Trinajstić information content (AvgIpc) is 2.11. The van der Waals surface area contributed by atoms with E-state index in [0.29, 0.717) is 6.61 Å². The van der Waals surface area contributed by atoms with Crippen molar-refractivity contribution in [1.29, 1.82) is 0 Å². The quantitative estimate of drug-likeness (QED) is 0.686. The molecule has 1 nitrogen and oxygen atoms in total. The molecule has 0 fully saturated rings. The Morgan fingerprint density at radius 2 is 2.08 bits per heavy atom. The van der Waals surface area contributed by atoms with Crippen molar-refractivity contribution in [3.8, 4) is 5.75 Å². The maximum Gasteiger partial charge on any atom is 0.125 e. The van der Waals surface area contributed by atoms with E-state index in [1.165, 1.54) is 5.56 Å². The zero-order valence-electron chi connectivity index (χ0n) is 8.47. The Morgan fingerprint density at radius 3 is 2.69 bits per heavy atom. The average molecular weight is 177 g/mol. The molecular weight excluding hydrogens is 160 g/mol. The first-order valence-corrected chi connectivity index (χ1v) is 4.86. The topological polar surface area (TPSA) is 9.23 Å². The van der Waals surface area contributed by atoms with Crippen LogP contribution in [-0.4, -0.2) is 6.61 Å². The Hall–Kier alpha value is -0.980. The maximum atomic E-state index is 5.56. The highest BCUT2D eigenvalue weighted by Gasteiger charge is 2.04. The summed E-state index contributed by atoms with van der Waals surface area (Å²) >= 11 is 0. The number of benzene rings is 1. The van der Waals surface area contributed by atoms with Gasteiger partial charge in [-0.15, -0.1) is 0 Å². The van der Waals surface area contributed by atoms with Gasteiger partial charge in [0.25, 0.3) is 0 Å². The molecule has 71 valence electrons. The van der Waals surface area contributed by atoms with Gasteiger partial charge in [0.1, 0.15) is 5.75 Å². The van der Waals surface area contributed by atoms with E-state index in [-0.39, 0.29) is 0 Å². The number of aryl methyl sites for hydroxylation is 1. The molecule has 13 heavy (non-hydrogen) atoms. The van der Waals surface area contributed by atoms with Gasteiger partial charge in [0.05, 0.1) is 6.61 Å². The second kappa shape index (κ2) is 4.90. The molecule has 0 heterocycles. The Morgan fingerprint density at radius 1 is 1.31 bits per heavy atom. The fourth-order valence-electron chi connectivity index (χ4n) is 1.43. The SMILES string of the molecule is [CH2]c1cccc(CCC)c1OCC. The fourth-order valence-corrected chi connectivity index (χ4v) is 1.43. The molecule has 1 radical (unpaired) electrons. The summed E-state index contributed by atoms with van der Waals surface area (Å²) in [6.07, 6.45) is 2.21. The van der Waals surface area contributed by atoms with Crippen LogP contribution < -0.4 is 4.74 Å². The van der Waals surface area contributed by atoms with Gasteiger partial charge in [0.15, 0.2) is 0 Å². The van der Waals surface area contributed by atoms with E-state index in [2.05, 4.69) is 19.9 Å². The molecule has 1 aromatic carbocycles. The molecule has 0 bridgehead atoms. The predicted octanol–water partition coefficient (Wildman–Crippen LogP) is 3.22. The molecule has 0 aromatic heterocycles. The van der Waals surface area contributed by atoms with Crippen LogP contribution in [0.25, 0.3) is 0 Å². The highest BCUT2D eigenvalue weighted by molar-refractivity contribution is 5.43. The van der Waals surface area contributed by atoms with E-state index in [0.717, 1.165) is 24.2 Å².